The lowest BCUT2D eigenvalue weighted by Crippen LogP contribution is -2.16. The Kier molecular flexibility index (Phi) is 3.83. The fraction of sp³-hybridized carbons (Fsp3) is 0.278. The van der Waals surface area contributed by atoms with Crippen molar-refractivity contribution in [2.75, 3.05) is 5.32 Å². The van der Waals surface area contributed by atoms with Crippen LogP contribution >= 0.6 is 0 Å². The van der Waals surface area contributed by atoms with E-state index < -0.39 is 11.7 Å². The molecule has 0 unspecified atom stereocenters. The first-order valence-electron chi connectivity index (χ1n) is 7.68. The molecule has 0 aliphatic rings. The maximum atomic E-state index is 13.3. The number of amides is 1. The summed E-state index contributed by atoms with van der Waals surface area (Å²) in [5.74, 6) is -0.791. The maximum Gasteiger partial charge on any atom is 0.276 e. The van der Waals surface area contributed by atoms with Crippen LogP contribution in [0.1, 0.15) is 42.5 Å². The second kappa shape index (κ2) is 5.70. The third kappa shape index (κ3) is 3.13. The molecule has 3 rings (SSSR count). The molecule has 0 saturated heterocycles. The number of aromatic nitrogens is 3. The third-order valence-corrected chi connectivity index (χ3v) is 3.77. The highest BCUT2D eigenvalue weighted by Gasteiger charge is 2.19. The molecule has 5 nitrogen and oxygen atoms in total. The van der Waals surface area contributed by atoms with Crippen LogP contribution < -0.4 is 5.32 Å². The van der Waals surface area contributed by atoms with Crippen molar-refractivity contribution in [3.63, 3.8) is 0 Å². The lowest BCUT2D eigenvalue weighted by atomic mass is 9.93. The highest BCUT2D eigenvalue weighted by molar-refractivity contribution is 6.03. The van der Waals surface area contributed by atoms with Crippen molar-refractivity contribution in [1.29, 1.82) is 0 Å². The molecule has 0 fully saturated rings. The molecule has 2 heterocycles. The van der Waals surface area contributed by atoms with Crippen LogP contribution in [-0.2, 0) is 5.41 Å². The van der Waals surface area contributed by atoms with Crippen LogP contribution in [0.25, 0.3) is 5.65 Å². The monoisotopic (exact) mass is 326 g/mol. The lowest BCUT2D eigenvalue weighted by Gasteiger charge is -2.13. The molecule has 24 heavy (non-hydrogen) atoms. The van der Waals surface area contributed by atoms with Gasteiger partial charge in [0.2, 0.25) is 0 Å². The molecule has 3 aromatic rings. The van der Waals surface area contributed by atoms with Crippen LogP contribution in [0.3, 0.4) is 0 Å². The van der Waals surface area contributed by atoms with Gasteiger partial charge in [-0.15, -0.1) is 0 Å². The average molecular weight is 326 g/mol. The predicted molar refractivity (Wildman–Crippen MR) is 90.8 cm³/mol. The number of benzene rings is 1. The van der Waals surface area contributed by atoms with Gasteiger partial charge in [-0.2, -0.15) is 5.10 Å². The van der Waals surface area contributed by atoms with Crippen molar-refractivity contribution in [1.82, 2.24) is 14.6 Å². The molecule has 0 aliphatic carbocycles. The quantitative estimate of drug-likeness (QED) is 0.780. The standard InChI is InChI=1S/C18H19FN4O/c1-11-5-6-12(19)9-14(11)20-17(24)13-7-8-16-21-15(18(2,3)4)10-23(16)22-13/h5-10H,1-4H3,(H,20,24). The highest BCUT2D eigenvalue weighted by Crippen LogP contribution is 2.21. The van der Waals surface area contributed by atoms with Crippen LogP contribution in [0.4, 0.5) is 10.1 Å². The van der Waals surface area contributed by atoms with Crippen LogP contribution in [0, 0.1) is 12.7 Å². The number of hydrogen-bond acceptors (Lipinski definition) is 3. The van der Waals surface area contributed by atoms with E-state index in [0.29, 0.717) is 11.3 Å². The molecular formula is C18H19FN4O. The topological polar surface area (TPSA) is 59.3 Å². The largest absolute Gasteiger partial charge is 0.320 e. The Morgan fingerprint density at radius 3 is 2.67 bits per heavy atom. The van der Waals surface area contributed by atoms with Gasteiger partial charge < -0.3 is 5.32 Å². The van der Waals surface area contributed by atoms with Gasteiger partial charge in [-0.25, -0.2) is 13.9 Å². The Hall–Kier alpha value is -2.76. The first kappa shape index (κ1) is 16.1. The van der Waals surface area contributed by atoms with Crippen molar-refractivity contribution >= 4 is 17.2 Å². The molecule has 2 aromatic heterocycles. The summed E-state index contributed by atoms with van der Waals surface area (Å²) in [5.41, 5.74) is 2.93. The number of rotatable bonds is 2. The zero-order chi connectivity index (χ0) is 17.5. The van der Waals surface area contributed by atoms with Gasteiger partial charge in [0, 0.05) is 11.1 Å². The normalized spacial score (nSPS) is 11.7. The number of imidazole rings is 1. The smallest absolute Gasteiger partial charge is 0.276 e. The van der Waals surface area contributed by atoms with Gasteiger partial charge in [-0.05, 0) is 36.8 Å². The van der Waals surface area contributed by atoms with Crippen molar-refractivity contribution in [2.24, 2.45) is 0 Å². The summed E-state index contributed by atoms with van der Waals surface area (Å²) in [4.78, 5) is 16.9. The first-order chi connectivity index (χ1) is 11.2. The number of anilines is 1. The number of nitrogens with zero attached hydrogens (tertiary/aromatic N) is 3. The number of carbonyl (C=O) groups is 1. The molecular weight excluding hydrogens is 307 g/mol. The van der Waals surface area contributed by atoms with Gasteiger partial charge in [-0.3, -0.25) is 4.79 Å². The molecule has 0 aliphatic heterocycles. The zero-order valence-corrected chi connectivity index (χ0v) is 14.1. The molecule has 1 aromatic carbocycles. The first-order valence-corrected chi connectivity index (χ1v) is 7.68. The summed E-state index contributed by atoms with van der Waals surface area (Å²) in [6, 6.07) is 7.62. The zero-order valence-electron chi connectivity index (χ0n) is 14.1. The van der Waals surface area contributed by atoms with Gasteiger partial charge in [0.05, 0.1) is 11.9 Å². The van der Waals surface area contributed by atoms with E-state index in [1.807, 2.05) is 6.20 Å². The minimum atomic E-state index is -0.399. The van der Waals surface area contributed by atoms with Crippen LogP contribution in [0.15, 0.2) is 36.5 Å². The van der Waals surface area contributed by atoms with Crippen molar-refractivity contribution in [3.05, 3.63) is 59.3 Å². The van der Waals surface area contributed by atoms with Crippen molar-refractivity contribution in [2.45, 2.75) is 33.1 Å². The Bertz CT molecular complexity index is 924. The maximum absolute atomic E-state index is 13.3. The van der Waals surface area contributed by atoms with E-state index >= 15 is 0 Å². The van der Waals surface area contributed by atoms with Gasteiger partial charge in [-0.1, -0.05) is 26.8 Å². The summed E-state index contributed by atoms with van der Waals surface area (Å²) in [6.07, 6.45) is 1.82. The summed E-state index contributed by atoms with van der Waals surface area (Å²) in [6.45, 7) is 8.00. The molecule has 0 radical (unpaired) electrons. The third-order valence-electron chi connectivity index (χ3n) is 3.77. The number of nitrogens with one attached hydrogen (secondary N) is 1. The van der Waals surface area contributed by atoms with Crippen molar-refractivity contribution in [3.8, 4) is 0 Å². The predicted octanol–water partition coefficient (Wildman–Crippen LogP) is 3.73. The molecule has 124 valence electrons. The van der Waals surface area contributed by atoms with Gasteiger partial charge >= 0.3 is 0 Å². The molecule has 6 heteroatoms. The molecule has 0 saturated carbocycles. The van der Waals surface area contributed by atoms with Gasteiger partial charge in [0.1, 0.15) is 11.5 Å². The van der Waals surface area contributed by atoms with Crippen molar-refractivity contribution < 1.29 is 9.18 Å². The van der Waals surface area contributed by atoms with Gasteiger partial charge in [0.25, 0.3) is 5.91 Å². The number of halogens is 1. The van der Waals surface area contributed by atoms with Gasteiger partial charge in [0.15, 0.2) is 5.65 Å². The molecule has 0 atom stereocenters. The molecule has 0 bridgehead atoms. The van der Waals surface area contributed by atoms with E-state index in [4.69, 9.17) is 0 Å². The van der Waals surface area contributed by atoms with E-state index in [2.05, 4.69) is 36.2 Å². The van der Waals surface area contributed by atoms with E-state index in [0.717, 1.165) is 11.3 Å². The average Bonchev–Trinajstić information content (AvgIpc) is 2.94. The summed E-state index contributed by atoms with van der Waals surface area (Å²) in [7, 11) is 0. The van der Waals surface area contributed by atoms with E-state index in [1.54, 1.807) is 29.6 Å². The second-order valence-electron chi connectivity index (χ2n) is 6.81. The Balaban J connectivity index is 1.91. The van der Waals surface area contributed by atoms with Crippen LogP contribution in [0.2, 0.25) is 0 Å². The number of aryl methyl sites for hydroxylation is 1. The summed E-state index contributed by atoms with van der Waals surface area (Å²) >= 11 is 0. The number of hydrogen-bond donors (Lipinski definition) is 1. The van der Waals surface area contributed by atoms with E-state index in [1.165, 1.54) is 12.1 Å². The minimum absolute atomic E-state index is 0.102. The number of carbonyl (C=O) groups excluding carboxylic acids is 1. The summed E-state index contributed by atoms with van der Waals surface area (Å²) < 4.78 is 14.9. The van der Waals surface area contributed by atoms with Crippen LogP contribution in [0.5, 0.6) is 0 Å². The summed E-state index contributed by atoms with van der Waals surface area (Å²) in [5, 5.41) is 7.00. The second-order valence-corrected chi connectivity index (χ2v) is 6.81. The Labute approximate surface area is 139 Å². The molecule has 1 N–H and O–H groups in total. The Morgan fingerprint density at radius 2 is 1.96 bits per heavy atom. The molecule has 0 spiro atoms. The van der Waals surface area contributed by atoms with E-state index in [9.17, 15) is 9.18 Å². The Morgan fingerprint density at radius 1 is 1.21 bits per heavy atom. The fourth-order valence-corrected chi connectivity index (χ4v) is 2.28. The fourth-order valence-electron chi connectivity index (χ4n) is 2.28. The highest BCUT2D eigenvalue weighted by atomic mass is 19.1. The SMILES string of the molecule is Cc1ccc(F)cc1NC(=O)c1ccc2nc(C(C)(C)C)cn2n1. The number of fused-ring (bicyclic) bond motifs is 1. The lowest BCUT2D eigenvalue weighted by molar-refractivity contribution is 0.102. The van der Waals surface area contributed by atoms with E-state index in [-0.39, 0.29) is 11.1 Å². The molecule has 1 amide bonds. The minimum Gasteiger partial charge on any atom is -0.320 e. The van der Waals surface area contributed by atoms with Crippen LogP contribution in [-0.4, -0.2) is 20.5 Å².